The Morgan fingerprint density at radius 1 is 0.857 bits per heavy atom. The number of hydrogen-bond acceptors (Lipinski definition) is 0. The van der Waals surface area contributed by atoms with Crippen molar-refractivity contribution in [1.82, 2.24) is 0 Å². The molecule has 0 aliphatic heterocycles. The predicted molar refractivity (Wildman–Crippen MR) is 25.9 cm³/mol. The molecular formula is H3AlF4Na2. The first kappa shape index (κ1) is 22.8. The summed E-state index contributed by atoms with van der Waals surface area (Å²) >= 11 is -4.64. The summed E-state index contributed by atoms with van der Waals surface area (Å²) in [5.41, 5.74) is 0. The van der Waals surface area contributed by atoms with Gasteiger partial charge in [-0.1, -0.05) is 0 Å². The Bertz CT molecular complexity index is 14.4. The van der Waals surface area contributed by atoms with E-state index in [0.717, 1.165) is 0 Å². The molecule has 0 aromatic rings. The molecular weight excluding hydrogens is 149 g/mol. The third kappa shape index (κ3) is 63.6. The average molecular weight is 152 g/mol. The first-order valence-electron chi connectivity index (χ1n) is 0.655. The van der Waals surface area contributed by atoms with Gasteiger partial charge in [-0.25, -0.2) is 0 Å². The van der Waals surface area contributed by atoms with Gasteiger partial charge < -0.3 is 10.6 Å². The molecule has 0 aliphatic carbocycles. The first-order chi connectivity index (χ1) is 1.73. The molecule has 0 N–H and O–H groups in total. The summed E-state index contributed by atoms with van der Waals surface area (Å²) in [4.78, 5) is 0. The van der Waals surface area contributed by atoms with Crippen LogP contribution in [0.25, 0.3) is 0 Å². The third-order valence-electron chi connectivity index (χ3n) is 0. The fraction of sp³-hybridized carbons (Fsp3) is 0. The van der Waals surface area contributed by atoms with Gasteiger partial charge in [0.2, 0.25) is 0 Å². The van der Waals surface area contributed by atoms with Gasteiger partial charge in [0.1, 0.15) is 0 Å². The standard InChI is InChI=1S/Al.4FH.2Na.2H/h;4*1H;;;;/q+3;;;;;;;;/p-3. The minimum atomic E-state index is -4.64. The summed E-state index contributed by atoms with van der Waals surface area (Å²) in [7, 11) is 0. The summed E-state index contributed by atoms with van der Waals surface area (Å²) in [6, 6.07) is 0. The van der Waals surface area contributed by atoms with E-state index in [1.165, 1.54) is 0 Å². The Labute approximate surface area is 88.6 Å². The van der Waals surface area contributed by atoms with Crippen molar-refractivity contribution in [2.24, 2.45) is 0 Å². The van der Waals surface area contributed by atoms with Crippen LogP contribution in [0.4, 0.5) is 15.3 Å². The van der Waals surface area contributed by atoms with Gasteiger partial charge in [-0.2, -0.15) is 0 Å². The van der Waals surface area contributed by atoms with E-state index in [-0.39, 0.29) is 63.8 Å². The second-order valence-electron chi connectivity index (χ2n) is 0.247. The first-order valence-corrected chi connectivity index (χ1v) is 1.96. The van der Waals surface area contributed by atoms with Crippen LogP contribution >= 0.6 is 0 Å². The second kappa shape index (κ2) is 15.7. The molecule has 0 rings (SSSR count). The fourth-order valence-electron chi connectivity index (χ4n) is 0. The van der Waals surface area contributed by atoms with Crippen LogP contribution in [0.15, 0.2) is 0 Å². The number of rotatable bonds is 0. The van der Waals surface area contributed by atoms with Gasteiger partial charge in [0.15, 0.2) is 0 Å². The zero-order valence-electron chi connectivity index (χ0n) is 2.12. The fourth-order valence-corrected chi connectivity index (χ4v) is 0. The van der Waals surface area contributed by atoms with Gasteiger partial charge in [-0.05, 0) is 0 Å². The Morgan fingerprint density at radius 2 is 0.857 bits per heavy atom. The zero-order chi connectivity index (χ0) is 3.58. The van der Waals surface area contributed by atoms with Gasteiger partial charge in [0.05, 0.1) is 0 Å². The van der Waals surface area contributed by atoms with Crippen molar-refractivity contribution in [3.05, 3.63) is 0 Å². The molecule has 0 fully saturated rings. The Morgan fingerprint density at radius 3 is 0.857 bits per heavy atom. The molecule has 7 heavy (non-hydrogen) atoms. The Balaban J connectivity index is -0.0000000150. The van der Waals surface area contributed by atoms with Crippen LogP contribution in [-0.2, 0) is 0 Å². The van der Waals surface area contributed by atoms with Crippen LogP contribution < -0.4 is 0 Å². The van der Waals surface area contributed by atoms with Crippen LogP contribution in [0.3, 0.4) is 0 Å². The van der Waals surface area contributed by atoms with Crippen LogP contribution in [0.1, 0.15) is 0 Å². The van der Waals surface area contributed by atoms with Crippen molar-refractivity contribution in [1.29, 1.82) is 0 Å². The van der Waals surface area contributed by atoms with E-state index in [4.69, 9.17) is 0 Å². The second-order valence-corrected chi connectivity index (χ2v) is 0.742. The molecule has 0 unspecified atom stereocenters. The molecule has 0 saturated carbocycles. The molecule has 0 aromatic heterocycles. The van der Waals surface area contributed by atoms with E-state index in [9.17, 15) is 10.6 Å². The van der Waals surface area contributed by atoms with Crippen molar-refractivity contribution in [2.45, 2.75) is 0 Å². The molecule has 0 aromatic carbocycles. The molecule has 0 atom stereocenters. The van der Waals surface area contributed by atoms with Crippen LogP contribution in [0.5, 0.6) is 0 Å². The van der Waals surface area contributed by atoms with Gasteiger partial charge in [-0.3, -0.25) is 4.70 Å². The third-order valence-corrected chi connectivity index (χ3v) is 0. The minimum absolute atomic E-state index is 0. The quantitative estimate of drug-likeness (QED) is 0.331. The molecule has 0 heterocycles. The van der Waals surface area contributed by atoms with E-state index in [1.54, 1.807) is 0 Å². The van der Waals surface area contributed by atoms with E-state index in [2.05, 4.69) is 0 Å². The van der Waals surface area contributed by atoms with E-state index < -0.39 is 15.5 Å². The zero-order valence-corrected chi connectivity index (χ0v) is 3.27. The molecule has 0 saturated heterocycles. The summed E-state index contributed by atoms with van der Waals surface area (Å²) in [5, 5.41) is 0. The van der Waals surface area contributed by atoms with Crippen molar-refractivity contribution in [3.8, 4) is 0 Å². The van der Waals surface area contributed by atoms with Gasteiger partial charge in [0, 0.05) is 0 Å². The summed E-state index contributed by atoms with van der Waals surface area (Å²) in [5.74, 6) is 0. The molecule has 0 bridgehead atoms. The molecule has 0 aliphatic rings. The van der Waals surface area contributed by atoms with E-state index >= 15 is 0 Å². The topological polar surface area (TPSA) is 0 Å². The van der Waals surface area contributed by atoms with E-state index in [0.29, 0.717) is 0 Å². The molecule has 0 amide bonds. The maximum atomic E-state index is 9.81. The SMILES string of the molecule is F.[F][Al]([F])[F].[NaH].[NaH]. The van der Waals surface area contributed by atoms with Crippen molar-refractivity contribution < 1.29 is 15.3 Å². The van der Waals surface area contributed by atoms with E-state index in [1.807, 2.05) is 0 Å². The van der Waals surface area contributed by atoms with Crippen LogP contribution in [-0.4, -0.2) is 74.6 Å². The normalized spacial score (nSPS) is 3.86. The molecule has 0 nitrogen and oxygen atoms in total. The predicted octanol–water partition coefficient (Wildman–Crippen LogP) is -0.265. The van der Waals surface area contributed by atoms with Crippen molar-refractivity contribution in [2.75, 3.05) is 0 Å². The van der Waals surface area contributed by atoms with Crippen molar-refractivity contribution >= 4 is 74.6 Å². The van der Waals surface area contributed by atoms with Crippen LogP contribution in [0.2, 0.25) is 0 Å². The Hall–Kier alpha value is 2.25. The monoisotopic (exact) mass is 152 g/mol. The molecule has 0 radical (unpaired) electrons. The number of hydrogen-bond donors (Lipinski definition) is 0. The van der Waals surface area contributed by atoms with Gasteiger partial charge in [-0.15, -0.1) is 0 Å². The maximum absolute atomic E-state index is 9.81. The molecule has 36 valence electrons. The van der Waals surface area contributed by atoms with Gasteiger partial charge in [0.25, 0.3) is 0 Å². The van der Waals surface area contributed by atoms with Gasteiger partial charge >= 0.3 is 74.6 Å². The Kier molecular flexibility index (Phi) is 51.3. The number of halogens is 4. The summed E-state index contributed by atoms with van der Waals surface area (Å²) in [6.45, 7) is 0. The summed E-state index contributed by atoms with van der Waals surface area (Å²) < 4.78 is 29.4. The van der Waals surface area contributed by atoms with Crippen molar-refractivity contribution in [3.63, 3.8) is 0 Å². The van der Waals surface area contributed by atoms with Crippen LogP contribution in [0, 0.1) is 0 Å². The average Bonchev–Trinajstić information content (AvgIpc) is 0.811. The molecule has 7 heteroatoms. The summed E-state index contributed by atoms with van der Waals surface area (Å²) in [6.07, 6.45) is 0. The molecule has 0 spiro atoms.